The van der Waals surface area contributed by atoms with Crippen LogP contribution in [0.3, 0.4) is 0 Å². The Morgan fingerprint density at radius 1 is 0.365 bits per heavy atom. The van der Waals surface area contributed by atoms with E-state index in [9.17, 15) is 0 Å². The summed E-state index contributed by atoms with van der Waals surface area (Å²) in [5.74, 6) is 1.86. The lowest BCUT2D eigenvalue weighted by Gasteiger charge is -2.21. The smallest absolute Gasteiger partial charge is 0.164 e. The maximum atomic E-state index is 5.36. The number of benzene rings is 7. The van der Waals surface area contributed by atoms with Crippen molar-refractivity contribution >= 4 is 94.0 Å². The molecular formula is C52H39B5N6. The Kier molecular flexibility index (Phi) is 9.34. The first-order valence-corrected chi connectivity index (χ1v) is 21.5. The van der Waals surface area contributed by atoms with Gasteiger partial charge >= 0.3 is 0 Å². The topological polar surface area (TPSA) is 60.9 Å². The Bertz CT molecular complexity index is 3540. The molecule has 0 aliphatic carbocycles. The predicted molar refractivity (Wildman–Crippen MR) is 276 cm³/mol. The van der Waals surface area contributed by atoms with Crippen molar-refractivity contribution in [2.75, 3.05) is 0 Å². The highest BCUT2D eigenvalue weighted by atomic mass is 15.0. The highest BCUT2D eigenvalue weighted by Gasteiger charge is 2.23. The van der Waals surface area contributed by atoms with E-state index in [0.29, 0.717) is 17.5 Å². The van der Waals surface area contributed by atoms with Gasteiger partial charge < -0.3 is 4.57 Å². The first-order chi connectivity index (χ1) is 30.8. The van der Waals surface area contributed by atoms with Gasteiger partial charge in [-0.25, -0.2) is 19.9 Å². The second-order valence-electron chi connectivity index (χ2n) is 16.5. The number of pyridine rings is 1. The molecule has 0 bridgehead atoms. The van der Waals surface area contributed by atoms with Gasteiger partial charge in [0, 0.05) is 44.9 Å². The van der Waals surface area contributed by atoms with Crippen LogP contribution in [0, 0.1) is 0 Å². The van der Waals surface area contributed by atoms with Gasteiger partial charge in [0.1, 0.15) is 44.9 Å². The number of hydrogen-bond acceptors (Lipinski definition) is 4. The van der Waals surface area contributed by atoms with Crippen molar-refractivity contribution in [3.05, 3.63) is 176 Å². The van der Waals surface area contributed by atoms with E-state index < -0.39 is 0 Å². The zero-order valence-electron chi connectivity index (χ0n) is 35.9. The predicted octanol–water partition coefficient (Wildman–Crippen LogP) is 3.91. The Morgan fingerprint density at radius 2 is 0.857 bits per heavy atom. The van der Waals surface area contributed by atoms with Crippen LogP contribution in [0.4, 0.5) is 0 Å². The molecule has 4 aromatic heterocycles. The number of aromatic nitrogens is 6. The SMILES string of the molecule is Bc1c(B)c(B)c(-c2c(-c3ccc4c5ccc(-c6nc(-c7ccccc7)nc(-c7cccc(-c8ccccc8)c7)n6)cc5n(-c5ccccc5)c4c3)nc3ccccn23)c(B)c1B. The average molecular weight is 802 g/mol. The lowest BCUT2D eigenvalue weighted by atomic mass is 9.60. The van der Waals surface area contributed by atoms with Crippen LogP contribution in [0.25, 0.3) is 101 Å². The minimum Gasteiger partial charge on any atom is -0.309 e. The van der Waals surface area contributed by atoms with E-state index in [1.807, 2.05) is 24.3 Å². The minimum atomic E-state index is 0.611. The zero-order valence-corrected chi connectivity index (χ0v) is 35.9. The summed E-state index contributed by atoms with van der Waals surface area (Å²) in [6.45, 7) is 0. The molecule has 0 aliphatic heterocycles. The first-order valence-electron chi connectivity index (χ1n) is 21.5. The third-order valence-electron chi connectivity index (χ3n) is 13.0. The maximum Gasteiger partial charge on any atom is 0.164 e. The number of fused-ring (bicyclic) bond motifs is 4. The van der Waals surface area contributed by atoms with Gasteiger partial charge in [-0.05, 0) is 59.2 Å². The van der Waals surface area contributed by atoms with Crippen LogP contribution in [-0.4, -0.2) is 68.1 Å². The van der Waals surface area contributed by atoms with Gasteiger partial charge in [0.2, 0.25) is 0 Å². The van der Waals surface area contributed by atoms with Crippen LogP contribution in [0.2, 0.25) is 0 Å². The Hall–Kier alpha value is -7.64. The maximum absolute atomic E-state index is 5.36. The first kappa shape index (κ1) is 38.3. The quantitative estimate of drug-likeness (QED) is 0.230. The molecule has 0 aliphatic rings. The molecule has 0 radical (unpaired) electrons. The zero-order chi connectivity index (χ0) is 42.8. The van der Waals surface area contributed by atoms with Crippen molar-refractivity contribution in [3.8, 4) is 73.5 Å². The molecule has 0 N–H and O–H groups in total. The monoisotopic (exact) mass is 802 g/mol. The van der Waals surface area contributed by atoms with Gasteiger partial charge in [0.05, 0.1) is 22.4 Å². The summed E-state index contributed by atoms with van der Waals surface area (Å²) in [6, 6.07) is 59.3. The van der Waals surface area contributed by atoms with Gasteiger partial charge in [-0.1, -0.05) is 138 Å². The molecule has 11 heteroatoms. The minimum absolute atomic E-state index is 0.611. The summed E-state index contributed by atoms with van der Waals surface area (Å²) in [6.07, 6.45) is 2.14. The normalized spacial score (nSPS) is 11.5. The highest BCUT2D eigenvalue weighted by Crippen LogP contribution is 2.39. The number of hydrogen-bond donors (Lipinski definition) is 0. The molecule has 4 heterocycles. The van der Waals surface area contributed by atoms with Crippen LogP contribution in [0.5, 0.6) is 0 Å². The van der Waals surface area contributed by atoms with E-state index in [1.165, 1.54) is 32.9 Å². The third-order valence-corrected chi connectivity index (χ3v) is 13.0. The molecule has 7 aromatic carbocycles. The van der Waals surface area contributed by atoms with Gasteiger partial charge in [-0.2, -0.15) is 0 Å². The Labute approximate surface area is 370 Å². The number of nitrogens with zero attached hydrogens (tertiary/aromatic N) is 6. The fraction of sp³-hybridized carbons (Fsp3) is 0. The molecule has 0 amide bonds. The fourth-order valence-corrected chi connectivity index (χ4v) is 9.27. The fourth-order valence-electron chi connectivity index (χ4n) is 9.27. The standard InChI is InChI=1S/C52H39B5N6/c53-43-42(44(54)46(56)47(57)45(43)55)49-48(58-41-21-10-11-26-62(41)49)33-22-24-37-38-25-23-35(29-40(38)63(39(37)28-33)36-19-8-3-9-20-36)52-60-50(31-15-6-2-7-16-31)59-51(61-52)34-18-12-17-32(27-34)30-13-4-1-5-14-30/h1-29H,53-57H2. The molecule has 292 valence electrons. The second-order valence-corrected chi connectivity index (χ2v) is 16.5. The Balaban J connectivity index is 1.12. The van der Waals surface area contributed by atoms with E-state index in [4.69, 9.17) is 19.9 Å². The molecule has 63 heavy (non-hydrogen) atoms. The molecule has 0 spiro atoms. The molecule has 11 aromatic rings. The van der Waals surface area contributed by atoms with Crippen molar-refractivity contribution < 1.29 is 0 Å². The van der Waals surface area contributed by atoms with Crippen LogP contribution >= 0.6 is 0 Å². The molecule has 0 unspecified atom stereocenters. The summed E-state index contributed by atoms with van der Waals surface area (Å²) in [5, 5.41) is 2.30. The van der Waals surface area contributed by atoms with Crippen molar-refractivity contribution in [2.45, 2.75) is 0 Å². The van der Waals surface area contributed by atoms with Gasteiger partial charge in [0.15, 0.2) is 17.5 Å². The molecular weight excluding hydrogens is 763 g/mol. The summed E-state index contributed by atoms with van der Waals surface area (Å²) in [4.78, 5) is 20.8. The summed E-state index contributed by atoms with van der Waals surface area (Å²) in [5.41, 5.74) is 20.1. The summed E-state index contributed by atoms with van der Waals surface area (Å²) >= 11 is 0. The lowest BCUT2D eigenvalue weighted by Crippen LogP contribution is -2.55. The highest BCUT2D eigenvalue weighted by molar-refractivity contribution is 6.68. The Morgan fingerprint density at radius 3 is 1.51 bits per heavy atom. The van der Waals surface area contributed by atoms with Gasteiger partial charge in [-0.3, -0.25) is 4.40 Å². The van der Waals surface area contributed by atoms with Crippen molar-refractivity contribution in [1.29, 1.82) is 0 Å². The molecule has 6 nitrogen and oxygen atoms in total. The van der Waals surface area contributed by atoms with Crippen LogP contribution < -0.4 is 27.3 Å². The number of para-hydroxylation sites is 1. The van der Waals surface area contributed by atoms with E-state index in [-0.39, 0.29) is 0 Å². The molecule has 11 rings (SSSR count). The van der Waals surface area contributed by atoms with E-state index in [2.05, 4.69) is 200 Å². The molecule has 0 atom stereocenters. The summed E-state index contributed by atoms with van der Waals surface area (Å²) < 4.78 is 4.63. The van der Waals surface area contributed by atoms with Crippen molar-refractivity contribution in [3.63, 3.8) is 0 Å². The molecule has 0 saturated carbocycles. The number of imidazole rings is 1. The van der Waals surface area contributed by atoms with Gasteiger partial charge in [0.25, 0.3) is 0 Å². The van der Waals surface area contributed by atoms with Crippen molar-refractivity contribution in [1.82, 2.24) is 28.9 Å². The molecule has 0 fully saturated rings. The van der Waals surface area contributed by atoms with Crippen LogP contribution in [-0.2, 0) is 0 Å². The lowest BCUT2D eigenvalue weighted by molar-refractivity contribution is 1.07. The largest absolute Gasteiger partial charge is 0.309 e. The molecule has 0 saturated heterocycles. The van der Waals surface area contributed by atoms with Gasteiger partial charge in [-0.15, -0.1) is 16.4 Å². The number of rotatable bonds is 7. The third kappa shape index (κ3) is 6.51. The van der Waals surface area contributed by atoms with Crippen LogP contribution in [0.1, 0.15) is 0 Å². The van der Waals surface area contributed by atoms with Crippen LogP contribution in [0.15, 0.2) is 176 Å². The van der Waals surface area contributed by atoms with E-state index >= 15 is 0 Å². The van der Waals surface area contributed by atoms with E-state index in [1.54, 1.807) is 0 Å². The average Bonchev–Trinajstić information content (AvgIpc) is 3.89. The van der Waals surface area contributed by atoms with Crippen molar-refractivity contribution in [2.24, 2.45) is 0 Å². The second kappa shape index (κ2) is 15.4. The van der Waals surface area contributed by atoms with E-state index in [0.717, 1.165) is 77.9 Å². The summed E-state index contributed by atoms with van der Waals surface area (Å²) in [7, 11) is 11.2.